The van der Waals surface area contributed by atoms with Gasteiger partial charge in [-0.2, -0.15) is 15.0 Å². The van der Waals surface area contributed by atoms with Crippen LogP contribution in [0.3, 0.4) is 0 Å². The van der Waals surface area contributed by atoms with E-state index in [2.05, 4.69) is 15.0 Å². The normalized spacial score (nSPS) is 10.3. The number of hydrogen-bond acceptors (Lipinski definition) is 6. The van der Waals surface area contributed by atoms with Gasteiger partial charge in [0.05, 0.1) is 7.11 Å². The molecule has 100 valence electrons. The molecule has 0 saturated carbocycles. The van der Waals surface area contributed by atoms with E-state index in [1.165, 1.54) is 19.2 Å². The number of methoxy groups -OCH3 is 1. The van der Waals surface area contributed by atoms with Crippen LogP contribution in [-0.4, -0.2) is 28.6 Å². The zero-order valence-electron chi connectivity index (χ0n) is 10.7. The van der Waals surface area contributed by atoms with E-state index in [9.17, 15) is 4.39 Å². The van der Waals surface area contributed by atoms with Crippen molar-refractivity contribution in [2.45, 2.75) is 6.92 Å². The van der Waals surface area contributed by atoms with Gasteiger partial charge >= 0.3 is 6.01 Å². The molecule has 0 radical (unpaired) electrons. The molecule has 0 amide bonds. The van der Waals surface area contributed by atoms with Gasteiger partial charge in [-0.15, -0.1) is 0 Å². The highest BCUT2D eigenvalue weighted by Crippen LogP contribution is 2.23. The number of anilines is 3. The summed E-state index contributed by atoms with van der Waals surface area (Å²) in [5.41, 5.74) is 6.36. The fourth-order valence-corrected chi connectivity index (χ4v) is 1.63. The third-order valence-electron chi connectivity index (χ3n) is 2.50. The Hall–Kier alpha value is -2.44. The van der Waals surface area contributed by atoms with E-state index in [0.717, 1.165) is 5.69 Å². The topological polar surface area (TPSA) is 77.2 Å². The Labute approximate surface area is 110 Å². The predicted octanol–water partition coefficient (Wildman–Crippen LogP) is 1.76. The number of nitrogen functional groups attached to an aromatic ring is 1. The second kappa shape index (κ2) is 5.47. The zero-order chi connectivity index (χ0) is 13.8. The standard InChI is InChI=1S/C12H14FN5O/c1-3-18(9-6-4-8(13)5-7-9)11-15-10(14)16-12(17-11)19-2/h4-7H,3H2,1-2H3,(H2,14,15,16,17). The van der Waals surface area contributed by atoms with Crippen LogP contribution in [0.2, 0.25) is 0 Å². The first-order valence-corrected chi connectivity index (χ1v) is 5.72. The molecule has 0 bridgehead atoms. The highest BCUT2D eigenvalue weighted by molar-refractivity contribution is 5.57. The van der Waals surface area contributed by atoms with E-state index < -0.39 is 0 Å². The summed E-state index contributed by atoms with van der Waals surface area (Å²) in [4.78, 5) is 13.8. The van der Waals surface area contributed by atoms with Crippen molar-refractivity contribution < 1.29 is 9.13 Å². The molecular formula is C12H14FN5O. The van der Waals surface area contributed by atoms with Gasteiger partial charge in [-0.1, -0.05) is 0 Å². The van der Waals surface area contributed by atoms with Crippen molar-refractivity contribution >= 4 is 17.6 Å². The van der Waals surface area contributed by atoms with Gasteiger partial charge in [0, 0.05) is 12.2 Å². The number of rotatable bonds is 4. The molecule has 0 aliphatic carbocycles. The molecule has 0 unspecified atom stereocenters. The van der Waals surface area contributed by atoms with Gasteiger partial charge in [-0.05, 0) is 31.2 Å². The van der Waals surface area contributed by atoms with Crippen molar-refractivity contribution in [2.75, 3.05) is 24.3 Å². The van der Waals surface area contributed by atoms with E-state index in [1.807, 2.05) is 6.92 Å². The molecule has 19 heavy (non-hydrogen) atoms. The molecule has 2 aromatic rings. The molecule has 1 heterocycles. The number of nitrogens with zero attached hydrogens (tertiary/aromatic N) is 4. The third-order valence-corrected chi connectivity index (χ3v) is 2.50. The lowest BCUT2D eigenvalue weighted by molar-refractivity contribution is 0.379. The van der Waals surface area contributed by atoms with E-state index in [4.69, 9.17) is 10.5 Å². The first-order valence-electron chi connectivity index (χ1n) is 5.72. The number of ether oxygens (including phenoxy) is 1. The number of hydrogen-bond donors (Lipinski definition) is 1. The predicted molar refractivity (Wildman–Crippen MR) is 69.9 cm³/mol. The lowest BCUT2D eigenvalue weighted by Gasteiger charge is -2.21. The second-order valence-corrected chi connectivity index (χ2v) is 3.70. The van der Waals surface area contributed by atoms with Crippen molar-refractivity contribution in [3.05, 3.63) is 30.1 Å². The van der Waals surface area contributed by atoms with Crippen molar-refractivity contribution in [2.24, 2.45) is 0 Å². The molecule has 2 N–H and O–H groups in total. The Bertz CT molecular complexity index is 561. The fourth-order valence-electron chi connectivity index (χ4n) is 1.63. The first kappa shape index (κ1) is 13.0. The Morgan fingerprint density at radius 1 is 1.21 bits per heavy atom. The lowest BCUT2D eigenvalue weighted by atomic mass is 10.3. The van der Waals surface area contributed by atoms with Crippen LogP contribution in [0.1, 0.15) is 6.92 Å². The number of nitrogens with two attached hydrogens (primary N) is 1. The quantitative estimate of drug-likeness (QED) is 0.905. The monoisotopic (exact) mass is 263 g/mol. The lowest BCUT2D eigenvalue weighted by Crippen LogP contribution is -2.20. The van der Waals surface area contributed by atoms with Gasteiger partial charge in [-0.25, -0.2) is 4.39 Å². The van der Waals surface area contributed by atoms with Gasteiger partial charge in [0.25, 0.3) is 0 Å². The molecule has 0 saturated heterocycles. The van der Waals surface area contributed by atoms with Crippen LogP contribution in [0.4, 0.5) is 22.0 Å². The maximum Gasteiger partial charge on any atom is 0.322 e. The summed E-state index contributed by atoms with van der Waals surface area (Å²) in [5, 5.41) is 0. The second-order valence-electron chi connectivity index (χ2n) is 3.70. The van der Waals surface area contributed by atoms with Crippen molar-refractivity contribution in [1.82, 2.24) is 15.0 Å². The number of aromatic nitrogens is 3. The molecule has 7 heteroatoms. The minimum absolute atomic E-state index is 0.0717. The Morgan fingerprint density at radius 2 is 1.89 bits per heavy atom. The third kappa shape index (κ3) is 2.87. The average molecular weight is 263 g/mol. The molecule has 0 aliphatic rings. The van der Waals surface area contributed by atoms with E-state index in [0.29, 0.717) is 12.5 Å². The van der Waals surface area contributed by atoms with Gasteiger partial charge in [-0.3, -0.25) is 0 Å². The first-order chi connectivity index (χ1) is 9.13. The van der Waals surface area contributed by atoms with Crippen LogP contribution in [-0.2, 0) is 0 Å². The maximum atomic E-state index is 12.9. The zero-order valence-corrected chi connectivity index (χ0v) is 10.7. The van der Waals surface area contributed by atoms with Crippen LogP contribution in [0.15, 0.2) is 24.3 Å². The maximum absolute atomic E-state index is 12.9. The summed E-state index contributed by atoms with van der Waals surface area (Å²) in [6.07, 6.45) is 0. The minimum Gasteiger partial charge on any atom is -0.467 e. The molecule has 0 atom stereocenters. The highest BCUT2D eigenvalue weighted by Gasteiger charge is 2.13. The summed E-state index contributed by atoms with van der Waals surface area (Å²) in [7, 11) is 1.45. The number of benzene rings is 1. The summed E-state index contributed by atoms with van der Waals surface area (Å²) >= 11 is 0. The van der Waals surface area contributed by atoms with Crippen LogP contribution < -0.4 is 15.4 Å². The molecule has 1 aromatic carbocycles. The largest absolute Gasteiger partial charge is 0.467 e. The minimum atomic E-state index is -0.299. The average Bonchev–Trinajstić information content (AvgIpc) is 2.41. The van der Waals surface area contributed by atoms with Gasteiger partial charge < -0.3 is 15.4 Å². The van der Waals surface area contributed by atoms with Crippen LogP contribution in [0, 0.1) is 5.82 Å². The Kier molecular flexibility index (Phi) is 3.74. The van der Waals surface area contributed by atoms with Crippen LogP contribution in [0.25, 0.3) is 0 Å². The Morgan fingerprint density at radius 3 is 2.47 bits per heavy atom. The van der Waals surface area contributed by atoms with Gasteiger partial charge in [0.15, 0.2) is 0 Å². The van der Waals surface area contributed by atoms with Gasteiger partial charge in [0.2, 0.25) is 11.9 Å². The smallest absolute Gasteiger partial charge is 0.322 e. The number of halogens is 1. The van der Waals surface area contributed by atoms with Crippen molar-refractivity contribution in [3.63, 3.8) is 0 Å². The van der Waals surface area contributed by atoms with E-state index in [-0.39, 0.29) is 17.8 Å². The molecule has 0 spiro atoms. The van der Waals surface area contributed by atoms with Crippen molar-refractivity contribution in [3.8, 4) is 6.01 Å². The van der Waals surface area contributed by atoms with Crippen LogP contribution in [0.5, 0.6) is 6.01 Å². The molecule has 6 nitrogen and oxygen atoms in total. The van der Waals surface area contributed by atoms with Gasteiger partial charge in [0.1, 0.15) is 5.82 Å². The molecule has 1 aromatic heterocycles. The molecule has 0 aliphatic heterocycles. The fraction of sp³-hybridized carbons (Fsp3) is 0.250. The molecule has 2 rings (SSSR count). The molecule has 0 fully saturated rings. The summed E-state index contributed by atoms with van der Waals surface area (Å²) in [5.74, 6) is 0.133. The van der Waals surface area contributed by atoms with Crippen molar-refractivity contribution in [1.29, 1.82) is 0 Å². The summed E-state index contributed by atoms with van der Waals surface area (Å²) < 4.78 is 17.9. The summed E-state index contributed by atoms with van der Waals surface area (Å²) in [6, 6.07) is 6.18. The summed E-state index contributed by atoms with van der Waals surface area (Å²) in [6.45, 7) is 2.52. The SMILES string of the molecule is CCN(c1ccc(F)cc1)c1nc(N)nc(OC)n1. The van der Waals surface area contributed by atoms with Crippen LogP contribution >= 0.6 is 0 Å². The van der Waals surface area contributed by atoms with E-state index >= 15 is 0 Å². The molecular weight excluding hydrogens is 249 g/mol. The Balaban J connectivity index is 2.41. The highest BCUT2D eigenvalue weighted by atomic mass is 19.1. The van der Waals surface area contributed by atoms with E-state index in [1.54, 1.807) is 17.0 Å².